The van der Waals surface area contributed by atoms with E-state index < -0.39 is 6.10 Å². The second-order valence-corrected chi connectivity index (χ2v) is 16.3. The van der Waals surface area contributed by atoms with Crippen LogP contribution in [0.1, 0.15) is 213 Å². The summed E-state index contributed by atoms with van der Waals surface area (Å²) in [5.74, 6) is -1.01. The first-order valence-electron chi connectivity index (χ1n) is 25.4. The van der Waals surface area contributed by atoms with E-state index in [-0.39, 0.29) is 37.5 Å². The lowest BCUT2D eigenvalue weighted by molar-refractivity contribution is -0.167. The van der Waals surface area contributed by atoms with Crippen molar-refractivity contribution in [1.29, 1.82) is 0 Å². The van der Waals surface area contributed by atoms with Crippen LogP contribution in [0.25, 0.3) is 0 Å². The second-order valence-electron chi connectivity index (χ2n) is 16.3. The van der Waals surface area contributed by atoms with Crippen molar-refractivity contribution >= 4 is 17.9 Å². The van der Waals surface area contributed by atoms with E-state index >= 15 is 0 Å². The van der Waals surface area contributed by atoms with Gasteiger partial charge in [0, 0.05) is 19.3 Å². The van der Waals surface area contributed by atoms with Crippen LogP contribution in [0.5, 0.6) is 0 Å². The maximum atomic E-state index is 12.8. The lowest BCUT2D eigenvalue weighted by atomic mass is 10.1. The molecule has 0 aromatic rings. The van der Waals surface area contributed by atoms with Crippen LogP contribution < -0.4 is 0 Å². The van der Waals surface area contributed by atoms with Crippen LogP contribution in [0.15, 0.2) is 109 Å². The fraction of sp³-hybridized carbons (Fsp3) is 0.632. The molecule has 0 bridgehead atoms. The van der Waals surface area contributed by atoms with Crippen molar-refractivity contribution < 1.29 is 28.6 Å². The summed E-state index contributed by atoms with van der Waals surface area (Å²) in [5, 5.41) is 0. The Morgan fingerprint density at radius 3 is 1.08 bits per heavy atom. The van der Waals surface area contributed by atoms with Crippen molar-refractivity contribution in [3.8, 4) is 0 Å². The van der Waals surface area contributed by atoms with Crippen LogP contribution in [0.3, 0.4) is 0 Å². The van der Waals surface area contributed by atoms with Crippen molar-refractivity contribution in [2.45, 2.75) is 219 Å². The Morgan fingerprint density at radius 1 is 0.333 bits per heavy atom. The predicted octanol–water partition coefficient (Wildman–Crippen LogP) is 16.8. The molecule has 0 aromatic heterocycles. The van der Waals surface area contributed by atoms with Crippen LogP contribution in [0.2, 0.25) is 0 Å². The van der Waals surface area contributed by atoms with Crippen molar-refractivity contribution in [2.24, 2.45) is 0 Å². The van der Waals surface area contributed by atoms with E-state index in [0.717, 1.165) is 116 Å². The minimum Gasteiger partial charge on any atom is -0.462 e. The van der Waals surface area contributed by atoms with Gasteiger partial charge in [-0.2, -0.15) is 0 Å². The van der Waals surface area contributed by atoms with Gasteiger partial charge in [-0.1, -0.05) is 188 Å². The van der Waals surface area contributed by atoms with E-state index in [0.29, 0.717) is 19.3 Å². The first-order valence-corrected chi connectivity index (χ1v) is 25.4. The zero-order valence-corrected chi connectivity index (χ0v) is 40.5. The highest BCUT2D eigenvalue weighted by atomic mass is 16.6. The Kier molecular flexibility index (Phi) is 47.5. The van der Waals surface area contributed by atoms with E-state index in [1.165, 1.54) is 51.4 Å². The third-order valence-corrected chi connectivity index (χ3v) is 10.2. The Bertz CT molecular complexity index is 1330. The summed E-state index contributed by atoms with van der Waals surface area (Å²) in [4.78, 5) is 37.9. The molecule has 0 aliphatic carbocycles. The minimum absolute atomic E-state index is 0.115. The highest BCUT2D eigenvalue weighted by Crippen LogP contribution is 2.12. The molecule has 0 aliphatic rings. The number of hydrogen-bond acceptors (Lipinski definition) is 6. The van der Waals surface area contributed by atoms with Crippen molar-refractivity contribution in [2.75, 3.05) is 13.2 Å². The molecule has 0 heterocycles. The number of allylic oxidation sites excluding steroid dienone is 18. The predicted molar refractivity (Wildman–Crippen MR) is 270 cm³/mol. The first-order chi connectivity index (χ1) is 31.0. The molecule has 0 fully saturated rings. The van der Waals surface area contributed by atoms with E-state index in [4.69, 9.17) is 14.2 Å². The van der Waals surface area contributed by atoms with Crippen LogP contribution in [0.4, 0.5) is 0 Å². The van der Waals surface area contributed by atoms with Gasteiger partial charge in [0.25, 0.3) is 0 Å². The topological polar surface area (TPSA) is 78.9 Å². The molecular formula is C57H92O6. The van der Waals surface area contributed by atoms with E-state index in [9.17, 15) is 14.4 Å². The molecule has 1 atom stereocenters. The molecule has 0 aliphatic heterocycles. The molecular weight excluding hydrogens is 781 g/mol. The quantitative estimate of drug-likeness (QED) is 0.0263. The molecule has 0 spiro atoms. The average Bonchev–Trinajstić information content (AvgIpc) is 3.28. The van der Waals surface area contributed by atoms with Gasteiger partial charge in [-0.3, -0.25) is 14.4 Å². The van der Waals surface area contributed by atoms with Gasteiger partial charge < -0.3 is 14.2 Å². The Balaban J connectivity index is 4.54. The lowest BCUT2D eigenvalue weighted by Crippen LogP contribution is -2.30. The monoisotopic (exact) mass is 873 g/mol. The van der Waals surface area contributed by atoms with Gasteiger partial charge in [0.2, 0.25) is 0 Å². The Labute approximate surface area is 387 Å². The summed E-state index contributed by atoms with van der Waals surface area (Å²) in [6.45, 7) is 6.36. The Morgan fingerprint density at radius 2 is 0.651 bits per heavy atom. The molecule has 0 unspecified atom stereocenters. The zero-order chi connectivity index (χ0) is 45.8. The number of carbonyl (C=O) groups is 3. The third kappa shape index (κ3) is 49.0. The first kappa shape index (κ1) is 59.1. The summed E-state index contributed by atoms with van der Waals surface area (Å²) < 4.78 is 16.7. The fourth-order valence-electron chi connectivity index (χ4n) is 6.40. The standard InChI is InChI=1S/C57H92O6/c1-4-7-10-13-16-19-22-24-26-28-30-32-35-38-41-44-47-50-56(59)62-53-54(52-61-55(58)49-46-43-40-37-34-21-18-15-12-9-6-3)63-57(60)51-48-45-42-39-36-33-31-29-27-25-23-20-17-14-11-8-5-2/h8,11,15-20,24-27,30-33,39,42,54H,4-7,9-10,12-14,21-23,28-29,34-38,40-41,43-53H2,1-3H3/b11-8-,18-15-,19-16-,20-17-,26-24-,27-25-,32-30-,33-31-,42-39-/t54-/m0/s1. The summed E-state index contributed by atoms with van der Waals surface area (Å²) >= 11 is 0. The molecule has 6 nitrogen and oxygen atoms in total. The zero-order valence-electron chi connectivity index (χ0n) is 40.5. The number of esters is 3. The molecule has 6 heteroatoms. The average molecular weight is 873 g/mol. The summed E-state index contributed by atoms with van der Waals surface area (Å²) in [6.07, 6.45) is 67.9. The number of ether oxygens (including phenoxy) is 3. The molecule has 0 aromatic carbocycles. The highest BCUT2D eigenvalue weighted by Gasteiger charge is 2.19. The molecule has 0 saturated heterocycles. The van der Waals surface area contributed by atoms with Gasteiger partial charge in [0.15, 0.2) is 6.10 Å². The van der Waals surface area contributed by atoms with Gasteiger partial charge in [-0.25, -0.2) is 0 Å². The second kappa shape index (κ2) is 50.7. The smallest absolute Gasteiger partial charge is 0.306 e. The van der Waals surface area contributed by atoms with Gasteiger partial charge in [-0.15, -0.1) is 0 Å². The summed E-state index contributed by atoms with van der Waals surface area (Å²) in [6, 6.07) is 0. The normalized spacial score (nSPS) is 13.0. The maximum absolute atomic E-state index is 12.8. The van der Waals surface area contributed by atoms with Crippen LogP contribution in [-0.2, 0) is 28.6 Å². The van der Waals surface area contributed by atoms with Gasteiger partial charge in [-0.05, 0) is 116 Å². The number of unbranched alkanes of at least 4 members (excludes halogenated alkanes) is 15. The number of rotatable bonds is 44. The van der Waals surface area contributed by atoms with Crippen molar-refractivity contribution in [3.63, 3.8) is 0 Å². The summed E-state index contributed by atoms with van der Waals surface area (Å²) in [5.41, 5.74) is 0. The van der Waals surface area contributed by atoms with Crippen LogP contribution in [-0.4, -0.2) is 37.2 Å². The molecule has 0 amide bonds. The van der Waals surface area contributed by atoms with E-state index in [1.807, 2.05) is 0 Å². The molecule has 356 valence electrons. The van der Waals surface area contributed by atoms with Crippen molar-refractivity contribution in [1.82, 2.24) is 0 Å². The largest absolute Gasteiger partial charge is 0.462 e. The molecule has 63 heavy (non-hydrogen) atoms. The van der Waals surface area contributed by atoms with E-state index in [1.54, 1.807) is 0 Å². The minimum atomic E-state index is -0.821. The Hall–Kier alpha value is -3.93. The van der Waals surface area contributed by atoms with Crippen LogP contribution in [0, 0.1) is 0 Å². The highest BCUT2D eigenvalue weighted by molar-refractivity contribution is 5.71. The van der Waals surface area contributed by atoms with Gasteiger partial charge in [0.1, 0.15) is 13.2 Å². The lowest BCUT2D eigenvalue weighted by Gasteiger charge is -2.18. The molecule has 0 rings (SSSR count). The SMILES string of the molecule is CC/C=C\C/C=C\C/C=C\C/C=C\C/C=C\CCCC(=O)O[C@H](COC(=O)CCCCCC/C=C\C/C=C\C/C=C\CCCCC)COC(=O)CCCCCCC/C=C\CCCC. The van der Waals surface area contributed by atoms with E-state index in [2.05, 4.69) is 130 Å². The third-order valence-electron chi connectivity index (χ3n) is 10.2. The van der Waals surface area contributed by atoms with Gasteiger partial charge >= 0.3 is 17.9 Å². The van der Waals surface area contributed by atoms with Gasteiger partial charge in [0.05, 0.1) is 0 Å². The molecule has 0 N–H and O–H groups in total. The maximum Gasteiger partial charge on any atom is 0.306 e. The van der Waals surface area contributed by atoms with Crippen LogP contribution >= 0.6 is 0 Å². The number of carbonyl (C=O) groups excluding carboxylic acids is 3. The summed E-state index contributed by atoms with van der Waals surface area (Å²) in [7, 11) is 0. The van der Waals surface area contributed by atoms with Crippen molar-refractivity contribution in [3.05, 3.63) is 109 Å². The molecule has 0 saturated carbocycles. The fourth-order valence-corrected chi connectivity index (χ4v) is 6.40. The molecule has 0 radical (unpaired) electrons. The number of hydrogen-bond donors (Lipinski definition) is 0.